The number of phenols is 3. The lowest BCUT2D eigenvalue weighted by molar-refractivity contribution is 0.404. The molecule has 16 heavy (non-hydrogen) atoms. The van der Waals surface area contributed by atoms with Crippen LogP contribution in [0.25, 0.3) is 11.1 Å². The van der Waals surface area contributed by atoms with Crippen LogP contribution < -0.4 is 0 Å². The normalized spacial score (nSPS) is 10.3. The third-order valence-corrected chi connectivity index (χ3v) is 2.54. The highest BCUT2D eigenvalue weighted by Gasteiger charge is 2.14. The van der Waals surface area contributed by atoms with Crippen LogP contribution in [-0.2, 0) is 0 Å². The van der Waals surface area contributed by atoms with E-state index in [-0.39, 0.29) is 17.2 Å². The first-order valence-corrected chi connectivity index (χ1v) is 4.91. The van der Waals surface area contributed by atoms with E-state index in [1.807, 2.05) is 0 Å². The van der Waals surface area contributed by atoms with Crippen molar-refractivity contribution >= 4 is 0 Å². The van der Waals surface area contributed by atoms with Gasteiger partial charge in [-0.15, -0.1) is 0 Å². The van der Waals surface area contributed by atoms with Crippen LogP contribution in [-0.4, -0.2) is 15.3 Å². The summed E-state index contributed by atoms with van der Waals surface area (Å²) in [5.41, 5.74) is 1.75. The van der Waals surface area contributed by atoms with E-state index in [1.165, 1.54) is 12.1 Å². The summed E-state index contributed by atoms with van der Waals surface area (Å²) in [7, 11) is 0. The number of aryl methyl sites for hydroxylation is 1. The van der Waals surface area contributed by atoms with Gasteiger partial charge in [0.25, 0.3) is 0 Å². The average Bonchev–Trinajstić information content (AvgIpc) is 2.27. The van der Waals surface area contributed by atoms with Crippen LogP contribution in [0.15, 0.2) is 36.4 Å². The third-order valence-electron chi connectivity index (χ3n) is 2.54. The molecule has 0 radical (unpaired) electrons. The number of phenolic OH excluding ortho intramolecular Hbond substituents is 3. The predicted molar refractivity (Wildman–Crippen MR) is 61.6 cm³/mol. The van der Waals surface area contributed by atoms with Crippen LogP contribution in [0.1, 0.15) is 5.56 Å². The van der Waals surface area contributed by atoms with E-state index in [0.29, 0.717) is 11.1 Å². The zero-order valence-corrected chi connectivity index (χ0v) is 8.81. The summed E-state index contributed by atoms with van der Waals surface area (Å²) in [6, 6.07) is 9.81. The standard InChI is InChI=1S/C13H12O3/c1-8-6-7-11(15)13(16)12(8)9-4-2-3-5-10(9)14/h2-7,14-16H,1H3. The number of para-hydroxylation sites is 1. The maximum absolute atomic E-state index is 9.80. The van der Waals surface area contributed by atoms with Gasteiger partial charge in [-0.1, -0.05) is 24.3 Å². The molecule has 2 aromatic rings. The molecule has 0 atom stereocenters. The van der Waals surface area contributed by atoms with Gasteiger partial charge < -0.3 is 15.3 Å². The molecule has 0 aromatic heterocycles. The summed E-state index contributed by atoms with van der Waals surface area (Å²) in [6.45, 7) is 1.81. The van der Waals surface area contributed by atoms with E-state index in [9.17, 15) is 15.3 Å². The maximum Gasteiger partial charge on any atom is 0.165 e. The quantitative estimate of drug-likeness (QED) is 0.642. The molecule has 0 aliphatic rings. The van der Waals surface area contributed by atoms with Crippen LogP contribution >= 0.6 is 0 Å². The Hall–Kier alpha value is -2.16. The van der Waals surface area contributed by atoms with Gasteiger partial charge in [0.05, 0.1) is 0 Å². The van der Waals surface area contributed by atoms with Crippen LogP contribution in [0.3, 0.4) is 0 Å². The molecule has 3 N–H and O–H groups in total. The highest BCUT2D eigenvalue weighted by molar-refractivity contribution is 5.80. The van der Waals surface area contributed by atoms with Gasteiger partial charge in [-0.25, -0.2) is 0 Å². The molecule has 0 spiro atoms. The van der Waals surface area contributed by atoms with E-state index in [1.54, 1.807) is 31.2 Å². The Morgan fingerprint density at radius 1 is 0.812 bits per heavy atom. The van der Waals surface area contributed by atoms with Gasteiger partial charge in [-0.2, -0.15) is 0 Å². The first-order chi connectivity index (χ1) is 7.61. The van der Waals surface area contributed by atoms with Crippen molar-refractivity contribution in [1.29, 1.82) is 0 Å². The Balaban J connectivity index is 2.74. The molecular weight excluding hydrogens is 204 g/mol. The monoisotopic (exact) mass is 216 g/mol. The second kappa shape index (κ2) is 3.77. The molecule has 0 saturated carbocycles. The summed E-state index contributed by atoms with van der Waals surface area (Å²) in [6.07, 6.45) is 0. The minimum Gasteiger partial charge on any atom is -0.507 e. The van der Waals surface area contributed by atoms with Crippen molar-refractivity contribution in [2.24, 2.45) is 0 Å². The lowest BCUT2D eigenvalue weighted by Crippen LogP contribution is -1.85. The number of benzene rings is 2. The zero-order chi connectivity index (χ0) is 11.7. The Kier molecular flexibility index (Phi) is 2.44. The van der Waals surface area contributed by atoms with Crippen molar-refractivity contribution in [2.75, 3.05) is 0 Å². The smallest absolute Gasteiger partial charge is 0.165 e. The van der Waals surface area contributed by atoms with Gasteiger partial charge >= 0.3 is 0 Å². The zero-order valence-electron chi connectivity index (χ0n) is 8.81. The van der Waals surface area contributed by atoms with Crippen LogP contribution in [0.2, 0.25) is 0 Å². The summed E-state index contributed by atoms with van der Waals surface area (Å²) in [5, 5.41) is 29.0. The van der Waals surface area contributed by atoms with E-state index < -0.39 is 0 Å². The molecule has 2 aromatic carbocycles. The van der Waals surface area contributed by atoms with Gasteiger partial charge in [-0.05, 0) is 24.6 Å². The molecule has 0 unspecified atom stereocenters. The van der Waals surface area contributed by atoms with Gasteiger partial charge in [0.1, 0.15) is 5.75 Å². The predicted octanol–water partition coefficient (Wildman–Crippen LogP) is 2.78. The number of rotatable bonds is 1. The lowest BCUT2D eigenvalue weighted by atomic mass is 9.98. The maximum atomic E-state index is 9.80. The minimum absolute atomic E-state index is 0.0755. The number of hydrogen-bond donors (Lipinski definition) is 3. The van der Waals surface area contributed by atoms with Crippen molar-refractivity contribution in [3.63, 3.8) is 0 Å². The van der Waals surface area contributed by atoms with Gasteiger partial charge in [0.15, 0.2) is 11.5 Å². The van der Waals surface area contributed by atoms with Gasteiger partial charge in [-0.3, -0.25) is 0 Å². The molecule has 0 aliphatic heterocycles. The molecule has 2 rings (SSSR count). The van der Waals surface area contributed by atoms with Crippen molar-refractivity contribution in [3.05, 3.63) is 42.0 Å². The van der Waals surface area contributed by atoms with Crippen LogP contribution in [0.5, 0.6) is 17.2 Å². The third kappa shape index (κ3) is 1.56. The molecular formula is C13H12O3. The van der Waals surface area contributed by atoms with E-state index >= 15 is 0 Å². The summed E-state index contributed by atoms with van der Waals surface area (Å²) in [4.78, 5) is 0. The fourth-order valence-corrected chi connectivity index (χ4v) is 1.71. The second-order valence-electron chi connectivity index (χ2n) is 3.64. The molecule has 82 valence electrons. The van der Waals surface area contributed by atoms with Crippen LogP contribution in [0.4, 0.5) is 0 Å². The Morgan fingerprint density at radius 3 is 2.19 bits per heavy atom. The van der Waals surface area contributed by atoms with Crippen molar-refractivity contribution in [1.82, 2.24) is 0 Å². The Labute approximate surface area is 93.2 Å². The number of aromatic hydroxyl groups is 3. The molecule has 3 nitrogen and oxygen atoms in total. The van der Waals surface area contributed by atoms with E-state index in [2.05, 4.69) is 0 Å². The van der Waals surface area contributed by atoms with Gasteiger partial charge in [0, 0.05) is 11.1 Å². The highest BCUT2D eigenvalue weighted by atomic mass is 16.3. The molecule has 0 aliphatic carbocycles. The molecule has 0 amide bonds. The van der Waals surface area contributed by atoms with Crippen molar-refractivity contribution in [3.8, 4) is 28.4 Å². The van der Waals surface area contributed by atoms with E-state index in [0.717, 1.165) is 5.56 Å². The first kappa shape index (κ1) is 10.4. The van der Waals surface area contributed by atoms with Gasteiger partial charge in [0.2, 0.25) is 0 Å². The fourth-order valence-electron chi connectivity index (χ4n) is 1.71. The van der Waals surface area contributed by atoms with Crippen molar-refractivity contribution < 1.29 is 15.3 Å². The molecule has 0 heterocycles. The summed E-state index contributed by atoms with van der Waals surface area (Å²) >= 11 is 0. The van der Waals surface area contributed by atoms with E-state index in [4.69, 9.17) is 0 Å². The molecule has 0 fully saturated rings. The molecule has 0 saturated heterocycles. The van der Waals surface area contributed by atoms with Crippen LogP contribution in [0, 0.1) is 6.92 Å². The SMILES string of the molecule is Cc1ccc(O)c(O)c1-c1ccccc1O. The minimum atomic E-state index is -0.207. The Morgan fingerprint density at radius 2 is 1.50 bits per heavy atom. The Bertz CT molecular complexity index is 533. The molecule has 0 bridgehead atoms. The first-order valence-electron chi connectivity index (χ1n) is 4.91. The summed E-state index contributed by atoms with van der Waals surface area (Å²) in [5.74, 6) is -0.322. The lowest BCUT2D eigenvalue weighted by Gasteiger charge is -2.11. The number of hydrogen-bond acceptors (Lipinski definition) is 3. The largest absolute Gasteiger partial charge is 0.507 e. The topological polar surface area (TPSA) is 60.7 Å². The molecule has 3 heteroatoms. The van der Waals surface area contributed by atoms with Crippen molar-refractivity contribution in [2.45, 2.75) is 6.92 Å². The fraction of sp³-hybridized carbons (Fsp3) is 0.0769. The summed E-state index contributed by atoms with van der Waals surface area (Å²) < 4.78 is 0. The highest BCUT2D eigenvalue weighted by Crippen LogP contribution is 2.41. The second-order valence-corrected chi connectivity index (χ2v) is 3.64. The average molecular weight is 216 g/mol.